The van der Waals surface area contributed by atoms with Crippen LogP contribution < -0.4 is 15.8 Å². The van der Waals surface area contributed by atoms with Crippen molar-refractivity contribution in [3.05, 3.63) is 17.3 Å². The number of pyridine rings is 1. The van der Waals surface area contributed by atoms with Gasteiger partial charge in [-0.1, -0.05) is 11.6 Å². The summed E-state index contributed by atoms with van der Waals surface area (Å²) in [6.45, 7) is 2.42. The van der Waals surface area contributed by atoms with E-state index in [2.05, 4.69) is 15.0 Å². The zero-order valence-electron chi connectivity index (χ0n) is 10.3. The van der Waals surface area contributed by atoms with Gasteiger partial charge in [0.25, 0.3) is 0 Å². The van der Waals surface area contributed by atoms with Crippen LogP contribution in [-0.2, 0) is 14.8 Å². The molecule has 19 heavy (non-hydrogen) atoms. The second-order valence-corrected chi connectivity index (χ2v) is 5.82. The normalized spacial score (nSPS) is 11.3. The minimum atomic E-state index is -3.74. The first-order valence-electron chi connectivity index (χ1n) is 5.54. The predicted octanol–water partition coefficient (Wildman–Crippen LogP) is 0.321. The minimum Gasteiger partial charge on any atom is -0.370 e. The number of primary amides is 1. The highest BCUT2D eigenvalue weighted by molar-refractivity contribution is 7.89. The summed E-state index contributed by atoms with van der Waals surface area (Å²) in [6, 6.07) is 1.29. The third kappa shape index (κ3) is 4.66. The van der Waals surface area contributed by atoms with Crippen molar-refractivity contribution in [2.45, 2.75) is 18.2 Å². The van der Waals surface area contributed by atoms with E-state index in [1.165, 1.54) is 12.3 Å². The molecule has 0 spiro atoms. The van der Waals surface area contributed by atoms with E-state index in [-0.39, 0.29) is 22.9 Å². The number of carbonyl (C=O) groups is 1. The zero-order valence-corrected chi connectivity index (χ0v) is 11.9. The maximum atomic E-state index is 11.9. The Balaban J connectivity index is 2.84. The van der Waals surface area contributed by atoms with Crippen molar-refractivity contribution >= 4 is 33.3 Å². The van der Waals surface area contributed by atoms with E-state index in [0.29, 0.717) is 12.4 Å². The molecule has 0 fully saturated rings. The molecule has 1 aromatic rings. The molecule has 106 valence electrons. The van der Waals surface area contributed by atoms with Crippen molar-refractivity contribution < 1.29 is 13.2 Å². The SMILES string of the molecule is CCNc1ncc(S(=O)(=O)NCCC(N)=O)cc1Cl. The number of hydrogen-bond acceptors (Lipinski definition) is 5. The van der Waals surface area contributed by atoms with Gasteiger partial charge in [-0.25, -0.2) is 18.1 Å². The van der Waals surface area contributed by atoms with Gasteiger partial charge in [0.2, 0.25) is 15.9 Å². The Morgan fingerprint density at radius 1 is 1.53 bits per heavy atom. The molecular formula is C10H15ClN4O3S. The lowest BCUT2D eigenvalue weighted by Crippen LogP contribution is -2.28. The molecule has 0 radical (unpaired) electrons. The van der Waals surface area contributed by atoms with Crippen LogP contribution in [0.4, 0.5) is 5.82 Å². The Morgan fingerprint density at radius 2 is 2.21 bits per heavy atom. The van der Waals surface area contributed by atoms with Crippen LogP contribution in [0, 0.1) is 0 Å². The number of nitrogens with zero attached hydrogens (tertiary/aromatic N) is 1. The van der Waals surface area contributed by atoms with E-state index < -0.39 is 15.9 Å². The fraction of sp³-hybridized carbons (Fsp3) is 0.400. The van der Waals surface area contributed by atoms with Crippen molar-refractivity contribution in [3.63, 3.8) is 0 Å². The van der Waals surface area contributed by atoms with Crippen LogP contribution in [-0.4, -0.2) is 32.4 Å². The number of nitrogens with one attached hydrogen (secondary N) is 2. The summed E-state index contributed by atoms with van der Waals surface area (Å²) < 4.78 is 25.9. The molecule has 0 aliphatic rings. The zero-order chi connectivity index (χ0) is 14.5. The van der Waals surface area contributed by atoms with E-state index in [1.807, 2.05) is 6.92 Å². The molecule has 1 aromatic heterocycles. The molecule has 9 heteroatoms. The molecule has 0 saturated heterocycles. The molecule has 0 saturated carbocycles. The van der Waals surface area contributed by atoms with E-state index in [4.69, 9.17) is 17.3 Å². The largest absolute Gasteiger partial charge is 0.370 e. The Bertz CT molecular complexity index is 562. The van der Waals surface area contributed by atoms with Crippen LogP contribution in [0.5, 0.6) is 0 Å². The third-order valence-electron chi connectivity index (χ3n) is 2.13. The van der Waals surface area contributed by atoms with Gasteiger partial charge in [-0.15, -0.1) is 0 Å². The van der Waals surface area contributed by atoms with Gasteiger partial charge in [-0.3, -0.25) is 4.79 Å². The first kappa shape index (κ1) is 15.7. The lowest BCUT2D eigenvalue weighted by molar-refractivity contribution is -0.117. The summed E-state index contributed by atoms with van der Waals surface area (Å²) in [7, 11) is -3.74. The Morgan fingerprint density at radius 3 is 2.74 bits per heavy atom. The van der Waals surface area contributed by atoms with Crippen molar-refractivity contribution in [1.29, 1.82) is 0 Å². The molecule has 7 nitrogen and oxygen atoms in total. The Labute approximate surface area is 116 Å². The van der Waals surface area contributed by atoms with Crippen LogP contribution in [0.25, 0.3) is 0 Å². The predicted molar refractivity (Wildman–Crippen MR) is 72.4 cm³/mol. The molecular weight excluding hydrogens is 292 g/mol. The number of nitrogens with two attached hydrogens (primary N) is 1. The topological polar surface area (TPSA) is 114 Å². The third-order valence-corrected chi connectivity index (χ3v) is 3.85. The molecule has 4 N–H and O–H groups in total. The smallest absolute Gasteiger partial charge is 0.242 e. The van der Waals surface area contributed by atoms with Gasteiger partial charge in [0.1, 0.15) is 10.7 Å². The molecule has 1 amide bonds. The highest BCUT2D eigenvalue weighted by atomic mass is 35.5. The minimum absolute atomic E-state index is 0.0652. The number of halogens is 1. The molecule has 0 bridgehead atoms. The maximum Gasteiger partial charge on any atom is 0.242 e. The number of amides is 1. The molecule has 0 aliphatic heterocycles. The summed E-state index contributed by atoms with van der Waals surface area (Å²) in [5, 5.41) is 3.10. The van der Waals surface area contributed by atoms with Crippen molar-refractivity contribution in [2.24, 2.45) is 5.73 Å². The quantitative estimate of drug-likeness (QED) is 0.671. The highest BCUT2D eigenvalue weighted by Gasteiger charge is 2.16. The number of hydrogen-bond donors (Lipinski definition) is 3. The van der Waals surface area contributed by atoms with Crippen LogP contribution in [0.3, 0.4) is 0 Å². The lowest BCUT2D eigenvalue weighted by atomic mass is 10.4. The average molecular weight is 307 g/mol. The first-order valence-corrected chi connectivity index (χ1v) is 7.40. The summed E-state index contributed by atoms with van der Waals surface area (Å²) in [4.78, 5) is 14.4. The number of sulfonamides is 1. The standard InChI is InChI=1S/C10H15ClN4O3S/c1-2-13-10-8(11)5-7(6-14-10)19(17,18)15-4-3-9(12)16/h5-6,15H,2-4H2,1H3,(H2,12,16)(H,13,14). The second kappa shape index (κ2) is 6.69. The maximum absolute atomic E-state index is 11.9. The number of aromatic nitrogens is 1. The van der Waals surface area contributed by atoms with Crippen molar-refractivity contribution in [3.8, 4) is 0 Å². The fourth-order valence-corrected chi connectivity index (χ4v) is 2.56. The summed E-state index contributed by atoms with van der Waals surface area (Å²) >= 11 is 5.91. The number of rotatable bonds is 7. The monoisotopic (exact) mass is 306 g/mol. The van der Waals surface area contributed by atoms with E-state index >= 15 is 0 Å². The van der Waals surface area contributed by atoms with Gasteiger partial charge in [-0.2, -0.15) is 0 Å². The molecule has 0 unspecified atom stereocenters. The van der Waals surface area contributed by atoms with Gasteiger partial charge in [0, 0.05) is 25.7 Å². The van der Waals surface area contributed by atoms with E-state index in [0.717, 1.165) is 0 Å². The van der Waals surface area contributed by atoms with Gasteiger partial charge in [0.05, 0.1) is 5.02 Å². The molecule has 0 atom stereocenters. The van der Waals surface area contributed by atoms with Crippen molar-refractivity contribution in [1.82, 2.24) is 9.71 Å². The highest BCUT2D eigenvalue weighted by Crippen LogP contribution is 2.22. The molecule has 1 heterocycles. The van der Waals surface area contributed by atoms with Crippen molar-refractivity contribution in [2.75, 3.05) is 18.4 Å². The number of anilines is 1. The second-order valence-electron chi connectivity index (χ2n) is 3.65. The average Bonchev–Trinajstić information content (AvgIpc) is 2.31. The molecule has 1 rings (SSSR count). The first-order chi connectivity index (χ1) is 8.86. The van der Waals surface area contributed by atoms with E-state index in [1.54, 1.807) is 0 Å². The molecule has 0 aromatic carbocycles. The fourth-order valence-electron chi connectivity index (χ4n) is 1.26. The number of carbonyl (C=O) groups excluding carboxylic acids is 1. The van der Waals surface area contributed by atoms with Crippen LogP contribution >= 0.6 is 11.6 Å². The summed E-state index contributed by atoms with van der Waals surface area (Å²) in [5.41, 5.74) is 4.92. The summed E-state index contributed by atoms with van der Waals surface area (Å²) in [6.07, 6.45) is 1.12. The van der Waals surface area contributed by atoms with E-state index in [9.17, 15) is 13.2 Å². The Kier molecular flexibility index (Phi) is 5.52. The van der Waals surface area contributed by atoms with Crippen LogP contribution in [0.15, 0.2) is 17.2 Å². The van der Waals surface area contributed by atoms with Gasteiger partial charge in [-0.05, 0) is 13.0 Å². The van der Waals surface area contributed by atoms with Gasteiger partial charge < -0.3 is 11.1 Å². The van der Waals surface area contributed by atoms with Crippen LogP contribution in [0.1, 0.15) is 13.3 Å². The van der Waals surface area contributed by atoms with Gasteiger partial charge >= 0.3 is 0 Å². The lowest BCUT2D eigenvalue weighted by Gasteiger charge is -2.08. The van der Waals surface area contributed by atoms with Gasteiger partial charge in [0.15, 0.2) is 0 Å². The van der Waals surface area contributed by atoms with Crippen LogP contribution in [0.2, 0.25) is 5.02 Å². The summed E-state index contributed by atoms with van der Waals surface area (Å²) in [5.74, 6) is -0.165. The Hall–Kier alpha value is -1.38. The molecule has 0 aliphatic carbocycles.